The molecule has 0 aliphatic heterocycles. The molecule has 1 amide bonds. The SMILES string of the molecule is Cc1ccc(OC(=O)c2oc3c(c2C)/C(=N/NC(=O)Cc2ccccc2)CCC3)cc1. The summed E-state index contributed by atoms with van der Waals surface area (Å²) < 4.78 is 11.3. The Bertz CT molecular complexity index is 1130. The van der Waals surface area contributed by atoms with Crippen molar-refractivity contribution in [1.29, 1.82) is 0 Å². The number of aryl methyl sites for hydroxylation is 2. The molecule has 1 N–H and O–H groups in total. The standard InChI is InChI=1S/C25H24N2O4/c1-16-11-13-19(14-12-16)30-25(29)24-17(2)23-20(9-6-10-21(23)31-24)26-27-22(28)15-18-7-4-3-5-8-18/h3-5,7-8,11-14H,6,9-10,15H2,1-2H3,(H,27,28)/b26-20+. The van der Waals surface area contributed by atoms with Gasteiger partial charge >= 0.3 is 5.97 Å². The van der Waals surface area contributed by atoms with E-state index >= 15 is 0 Å². The van der Waals surface area contributed by atoms with Crippen LogP contribution in [0.4, 0.5) is 0 Å². The molecule has 1 aliphatic carbocycles. The smallest absolute Gasteiger partial charge is 0.379 e. The first kappa shape index (κ1) is 20.6. The van der Waals surface area contributed by atoms with Gasteiger partial charge in [-0.3, -0.25) is 4.79 Å². The Morgan fingerprint density at radius 1 is 1.03 bits per heavy atom. The molecule has 6 nitrogen and oxygen atoms in total. The third kappa shape index (κ3) is 4.74. The maximum Gasteiger partial charge on any atom is 0.379 e. The van der Waals surface area contributed by atoms with Crippen molar-refractivity contribution >= 4 is 17.6 Å². The summed E-state index contributed by atoms with van der Waals surface area (Å²) in [7, 11) is 0. The third-order valence-electron chi connectivity index (χ3n) is 5.27. The number of ether oxygens (including phenoxy) is 1. The van der Waals surface area contributed by atoms with Crippen molar-refractivity contribution in [1.82, 2.24) is 5.43 Å². The van der Waals surface area contributed by atoms with Crippen LogP contribution in [0.25, 0.3) is 0 Å². The number of hydrogen-bond acceptors (Lipinski definition) is 5. The highest BCUT2D eigenvalue weighted by Gasteiger charge is 2.29. The number of nitrogens with one attached hydrogen (secondary N) is 1. The zero-order valence-corrected chi connectivity index (χ0v) is 17.6. The lowest BCUT2D eigenvalue weighted by atomic mass is 9.93. The van der Waals surface area contributed by atoms with Crippen LogP contribution in [-0.4, -0.2) is 17.6 Å². The summed E-state index contributed by atoms with van der Waals surface area (Å²) in [5.41, 5.74) is 6.85. The normalized spacial score (nSPS) is 14.2. The van der Waals surface area contributed by atoms with E-state index in [1.165, 1.54) is 0 Å². The predicted octanol–water partition coefficient (Wildman–Crippen LogP) is 4.51. The molecule has 6 heteroatoms. The average molecular weight is 416 g/mol. The van der Waals surface area contributed by atoms with E-state index in [4.69, 9.17) is 9.15 Å². The molecule has 1 aromatic heterocycles. The van der Waals surface area contributed by atoms with E-state index in [-0.39, 0.29) is 18.1 Å². The summed E-state index contributed by atoms with van der Waals surface area (Å²) in [6.45, 7) is 3.79. The summed E-state index contributed by atoms with van der Waals surface area (Å²) in [5.74, 6) is 0.618. The van der Waals surface area contributed by atoms with Gasteiger partial charge in [-0.1, -0.05) is 48.0 Å². The van der Waals surface area contributed by atoms with Crippen molar-refractivity contribution in [3.8, 4) is 5.75 Å². The van der Waals surface area contributed by atoms with E-state index in [0.29, 0.717) is 29.9 Å². The number of hydrazone groups is 1. The fourth-order valence-electron chi connectivity index (χ4n) is 3.69. The molecule has 4 rings (SSSR count). The Morgan fingerprint density at radius 2 is 1.77 bits per heavy atom. The molecule has 0 fully saturated rings. The van der Waals surface area contributed by atoms with Crippen molar-refractivity contribution < 1.29 is 18.7 Å². The van der Waals surface area contributed by atoms with Crippen molar-refractivity contribution in [2.45, 2.75) is 39.5 Å². The van der Waals surface area contributed by atoms with Gasteiger partial charge in [-0.05, 0) is 44.4 Å². The number of benzene rings is 2. The Kier molecular flexibility index (Phi) is 5.98. The molecule has 1 aliphatic rings. The van der Waals surface area contributed by atoms with Crippen LogP contribution in [0, 0.1) is 13.8 Å². The molecule has 158 valence electrons. The molecule has 3 aromatic rings. The van der Waals surface area contributed by atoms with Gasteiger partial charge in [0.1, 0.15) is 11.5 Å². The van der Waals surface area contributed by atoms with Gasteiger partial charge < -0.3 is 9.15 Å². The molecular formula is C25H24N2O4. The van der Waals surface area contributed by atoms with Gasteiger partial charge in [0.25, 0.3) is 0 Å². The summed E-state index contributed by atoms with van der Waals surface area (Å²) in [6, 6.07) is 16.8. The minimum atomic E-state index is -0.539. The lowest BCUT2D eigenvalue weighted by molar-refractivity contribution is -0.120. The molecule has 0 bridgehead atoms. The molecule has 0 spiro atoms. The van der Waals surface area contributed by atoms with E-state index < -0.39 is 5.97 Å². The lowest BCUT2D eigenvalue weighted by Gasteiger charge is -2.13. The fraction of sp³-hybridized carbons (Fsp3) is 0.240. The maximum absolute atomic E-state index is 12.7. The monoisotopic (exact) mass is 416 g/mol. The molecule has 0 saturated carbocycles. The van der Waals surface area contributed by atoms with Gasteiger partial charge in [0.15, 0.2) is 0 Å². The molecule has 0 saturated heterocycles. The van der Waals surface area contributed by atoms with Crippen LogP contribution >= 0.6 is 0 Å². The lowest BCUT2D eigenvalue weighted by Crippen LogP contribution is -2.23. The zero-order chi connectivity index (χ0) is 21.8. The van der Waals surface area contributed by atoms with Crippen molar-refractivity contribution in [3.63, 3.8) is 0 Å². The molecular weight excluding hydrogens is 392 g/mol. The highest BCUT2D eigenvalue weighted by Crippen LogP contribution is 2.30. The highest BCUT2D eigenvalue weighted by atomic mass is 16.5. The van der Waals surface area contributed by atoms with Gasteiger partial charge in [0.2, 0.25) is 11.7 Å². The van der Waals surface area contributed by atoms with Crippen LogP contribution in [-0.2, 0) is 17.6 Å². The maximum atomic E-state index is 12.7. The first-order chi connectivity index (χ1) is 15.0. The minimum Gasteiger partial charge on any atom is -0.453 e. The van der Waals surface area contributed by atoms with E-state index in [2.05, 4.69) is 10.5 Å². The molecule has 31 heavy (non-hydrogen) atoms. The molecule has 0 atom stereocenters. The third-order valence-corrected chi connectivity index (χ3v) is 5.27. The largest absolute Gasteiger partial charge is 0.453 e. The average Bonchev–Trinajstić information content (AvgIpc) is 3.12. The number of nitrogens with zero attached hydrogens (tertiary/aromatic N) is 1. The van der Waals surface area contributed by atoms with Gasteiger partial charge in [-0.2, -0.15) is 5.10 Å². The quantitative estimate of drug-likeness (QED) is 0.377. The van der Waals surface area contributed by atoms with Crippen LogP contribution in [0.5, 0.6) is 5.75 Å². The number of fused-ring (bicyclic) bond motifs is 1. The molecule has 0 unspecified atom stereocenters. The van der Waals surface area contributed by atoms with Crippen molar-refractivity contribution in [2.24, 2.45) is 5.10 Å². The number of amides is 1. The summed E-state index contributed by atoms with van der Waals surface area (Å²) in [5, 5.41) is 4.35. The van der Waals surface area contributed by atoms with E-state index in [1.54, 1.807) is 12.1 Å². The van der Waals surface area contributed by atoms with E-state index in [9.17, 15) is 9.59 Å². The van der Waals surface area contributed by atoms with Gasteiger partial charge in [0.05, 0.1) is 12.1 Å². The van der Waals surface area contributed by atoms with Crippen molar-refractivity contribution in [2.75, 3.05) is 0 Å². The summed E-state index contributed by atoms with van der Waals surface area (Å²) in [4.78, 5) is 25.0. The number of carbonyl (C=O) groups excluding carboxylic acids is 2. The first-order valence-corrected chi connectivity index (χ1v) is 10.3. The predicted molar refractivity (Wildman–Crippen MR) is 117 cm³/mol. The number of hydrogen-bond donors (Lipinski definition) is 1. The Hall–Kier alpha value is -3.67. The highest BCUT2D eigenvalue weighted by molar-refractivity contribution is 6.06. The minimum absolute atomic E-state index is 0.177. The van der Waals surface area contributed by atoms with E-state index in [1.807, 2.05) is 56.3 Å². The second kappa shape index (κ2) is 9.00. The second-order valence-electron chi connectivity index (χ2n) is 7.67. The summed E-state index contributed by atoms with van der Waals surface area (Å²) >= 11 is 0. The van der Waals surface area contributed by atoms with Crippen LogP contribution in [0.15, 0.2) is 64.1 Å². The molecule has 0 radical (unpaired) electrons. The van der Waals surface area contributed by atoms with Gasteiger partial charge in [0, 0.05) is 17.5 Å². The Balaban J connectivity index is 1.51. The number of esters is 1. The Morgan fingerprint density at radius 3 is 2.52 bits per heavy atom. The topological polar surface area (TPSA) is 80.9 Å². The van der Waals surface area contributed by atoms with Gasteiger partial charge in [-0.15, -0.1) is 0 Å². The zero-order valence-electron chi connectivity index (χ0n) is 17.6. The Labute approximate surface area is 180 Å². The molecule has 1 heterocycles. The van der Waals surface area contributed by atoms with Crippen molar-refractivity contribution in [3.05, 3.63) is 88.4 Å². The van der Waals surface area contributed by atoms with Crippen LogP contribution in [0.1, 0.15) is 51.4 Å². The number of rotatable bonds is 5. The first-order valence-electron chi connectivity index (χ1n) is 10.3. The molecule has 2 aromatic carbocycles. The van der Waals surface area contributed by atoms with Gasteiger partial charge in [-0.25, -0.2) is 10.2 Å². The van der Waals surface area contributed by atoms with Crippen LogP contribution < -0.4 is 10.2 Å². The number of carbonyl (C=O) groups is 2. The van der Waals surface area contributed by atoms with Crippen LogP contribution in [0.3, 0.4) is 0 Å². The van der Waals surface area contributed by atoms with E-state index in [0.717, 1.165) is 28.8 Å². The second-order valence-corrected chi connectivity index (χ2v) is 7.67. The number of furan rings is 1. The summed E-state index contributed by atoms with van der Waals surface area (Å²) in [6.07, 6.45) is 2.50. The van der Waals surface area contributed by atoms with Crippen LogP contribution in [0.2, 0.25) is 0 Å². The fourth-order valence-corrected chi connectivity index (χ4v) is 3.69.